The van der Waals surface area contributed by atoms with E-state index in [-0.39, 0.29) is 24.9 Å². The van der Waals surface area contributed by atoms with Gasteiger partial charge in [-0.1, -0.05) is 12.1 Å². The van der Waals surface area contributed by atoms with Gasteiger partial charge in [-0.15, -0.1) is 0 Å². The number of aryl methyl sites for hydroxylation is 1. The summed E-state index contributed by atoms with van der Waals surface area (Å²) in [6, 6.07) is 7.09. The van der Waals surface area contributed by atoms with Gasteiger partial charge < -0.3 is 10.1 Å². The molecule has 1 aliphatic heterocycles. The van der Waals surface area contributed by atoms with E-state index in [1.807, 2.05) is 0 Å². The van der Waals surface area contributed by atoms with Gasteiger partial charge in [0.15, 0.2) is 0 Å². The Hall–Kier alpha value is -2.41. The average molecular weight is 343 g/mol. The summed E-state index contributed by atoms with van der Waals surface area (Å²) in [5.74, 6) is 0.352. The monoisotopic (exact) mass is 343 g/mol. The molecule has 3 atom stereocenters. The minimum atomic E-state index is -0.485. The number of rotatable bonds is 4. The first-order valence-corrected chi connectivity index (χ1v) is 8.76. The Morgan fingerprint density at radius 1 is 1.32 bits per heavy atom. The molecule has 2 heterocycles. The Morgan fingerprint density at radius 2 is 2.16 bits per heavy atom. The highest BCUT2D eigenvalue weighted by Crippen LogP contribution is 2.37. The highest BCUT2D eigenvalue weighted by atomic mass is 16.5. The standard InChI is InChI=1S/C18H21N3O4/c22-16(19-13-10-15-11(13)5-3-9-25-15)7-8-21-14-6-2-1-4-12(14)17(23)20-18(21)24/h1-2,4,6,11,13,15H,3,5,7-10H2,(H,19,22)(H,20,23,24)/t11-,13-,15+/m1/s1. The van der Waals surface area contributed by atoms with E-state index in [0.29, 0.717) is 22.9 Å². The molecule has 4 rings (SSSR count). The van der Waals surface area contributed by atoms with Crippen LogP contribution in [-0.2, 0) is 16.1 Å². The zero-order chi connectivity index (χ0) is 17.4. The number of H-pyrrole nitrogens is 1. The molecular formula is C18H21N3O4. The number of hydrogen-bond donors (Lipinski definition) is 2. The van der Waals surface area contributed by atoms with Gasteiger partial charge in [-0.25, -0.2) is 4.79 Å². The molecule has 1 saturated carbocycles. The number of hydrogen-bond acceptors (Lipinski definition) is 4. The molecule has 0 bridgehead atoms. The van der Waals surface area contributed by atoms with Gasteiger partial charge in [-0.3, -0.25) is 19.1 Å². The number of aromatic nitrogens is 2. The van der Waals surface area contributed by atoms with Crippen LogP contribution in [0.1, 0.15) is 25.7 Å². The van der Waals surface area contributed by atoms with Gasteiger partial charge >= 0.3 is 5.69 Å². The number of para-hydroxylation sites is 1. The van der Waals surface area contributed by atoms with E-state index in [0.717, 1.165) is 25.9 Å². The first-order chi connectivity index (χ1) is 12.1. The molecule has 0 spiro atoms. The highest BCUT2D eigenvalue weighted by molar-refractivity contribution is 5.79. The van der Waals surface area contributed by atoms with E-state index in [9.17, 15) is 14.4 Å². The third kappa shape index (κ3) is 3.00. The lowest BCUT2D eigenvalue weighted by atomic mass is 9.72. The molecule has 2 aliphatic rings. The maximum Gasteiger partial charge on any atom is 0.328 e. The molecule has 2 N–H and O–H groups in total. The maximum atomic E-state index is 12.3. The maximum absolute atomic E-state index is 12.3. The third-order valence-corrected chi connectivity index (χ3v) is 5.31. The van der Waals surface area contributed by atoms with Crippen molar-refractivity contribution in [2.75, 3.05) is 6.61 Å². The molecule has 1 aromatic carbocycles. The predicted octanol–water partition coefficient (Wildman–Crippen LogP) is 0.764. The van der Waals surface area contributed by atoms with Crippen molar-refractivity contribution >= 4 is 16.8 Å². The summed E-state index contributed by atoms with van der Waals surface area (Å²) in [4.78, 5) is 38.5. The zero-order valence-corrected chi connectivity index (χ0v) is 13.9. The van der Waals surface area contributed by atoms with E-state index >= 15 is 0 Å². The second kappa shape index (κ2) is 6.48. The normalized spacial score (nSPS) is 25.2. The van der Waals surface area contributed by atoms with Gasteiger partial charge in [-0.05, 0) is 31.4 Å². The zero-order valence-electron chi connectivity index (χ0n) is 13.9. The molecule has 2 aromatic rings. The number of carbonyl (C=O) groups excluding carboxylic acids is 1. The number of nitrogens with zero attached hydrogens (tertiary/aromatic N) is 1. The molecule has 7 nitrogen and oxygen atoms in total. The Bertz CT molecular complexity index is 916. The lowest BCUT2D eigenvalue weighted by Gasteiger charge is -2.47. The van der Waals surface area contributed by atoms with E-state index in [2.05, 4.69) is 10.3 Å². The number of ether oxygens (including phenoxy) is 1. The molecule has 0 unspecified atom stereocenters. The van der Waals surface area contributed by atoms with Crippen LogP contribution in [0.5, 0.6) is 0 Å². The summed E-state index contributed by atoms with van der Waals surface area (Å²) >= 11 is 0. The highest BCUT2D eigenvalue weighted by Gasteiger charge is 2.43. The Balaban J connectivity index is 1.43. The largest absolute Gasteiger partial charge is 0.378 e. The average Bonchev–Trinajstić information content (AvgIpc) is 2.59. The topological polar surface area (TPSA) is 93.2 Å². The predicted molar refractivity (Wildman–Crippen MR) is 92.5 cm³/mol. The number of aromatic amines is 1. The molecule has 25 heavy (non-hydrogen) atoms. The molecule has 132 valence electrons. The number of amides is 1. The quantitative estimate of drug-likeness (QED) is 0.857. The van der Waals surface area contributed by atoms with E-state index < -0.39 is 11.2 Å². The fraction of sp³-hybridized carbons (Fsp3) is 0.500. The lowest BCUT2D eigenvalue weighted by Crippen LogP contribution is -2.57. The van der Waals surface area contributed by atoms with Crippen molar-refractivity contribution in [2.24, 2.45) is 5.92 Å². The molecule has 7 heteroatoms. The smallest absolute Gasteiger partial charge is 0.328 e. The number of carbonyl (C=O) groups is 1. The van der Waals surface area contributed by atoms with Gasteiger partial charge in [0.05, 0.1) is 17.0 Å². The molecule has 1 aromatic heterocycles. The van der Waals surface area contributed by atoms with Crippen LogP contribution in [0, 0.1) is 5.92 Å². The summed E-state index contributed by atoms with van der Waals surface area (Å²) in [5.41, 5.74) is -0.339. The van der Waals surface area contributed by atoms with Crippen molar-refractivity contribution in [2.45, 2.75) is 44.4 Å². The number of nitrogens with one attached hydrogen (secondary N) is 2. The third-order valence-electron chi connectivity index (χ3n) is 5.31. The van der Waals surface area contributed by atoms with Crippen molar-refractivity contribution < 1.29 is 9.53 Å². The fourth-order valence-corrected chi connectivity index (χ4v) is 3.92. The number of fused-ring (bicyclic) bond motifs is 2. The van der Waals surface area contributed by atoms with Crippen molar-refractivity contribution in [3.8, 4) is 0 Å². The van der Waals surface area contributed by atoms with Crippen molar-refractivity contribution in [3.05, 3.63) is 45.1 Å². The lowest BCUT2D eigenvalue weighted by molar-refractivity contribution is -0.131. The van der Waals surface area contributed by atoms with Crippen LogP contribution < -0.4 is 16.6 Å². The van der Waals surface area contributed by atoms with Crippen LogP contribution in [0.3, 0.4) is 0 Å². The van der Waals surface area contributed by atoms with Crippen LogP contribution in [-0.4, -0.2) is 34.2 Å². The molecule has 2 fully saturated rings. The minimum Gasteiger partial charge on any atom is -0.378 e. The number of benzene rings is 1. The van der Waals surface area contributed by atoms with Gasteiger partial charge in [0.25, 0.3) is 5.56 Å². The summed E-state index contributed by atoms with van der Waals surface area (Å²) < 4.78 is 7.11. The summed E-state index contributed by atoms with van der Waals surface area (Å²) in [5, 5.41) is 3.51. The van der Waals surface area contributed by atoms with Crippen LogP contribution in [0.2, 0.25) is 0 Å². The summed E-state index contributed by atoms with van der Waals surface area (Å²) in [6.45, 7) is 1.06. The second-order valence-electron chi connectivity index (χ2n) is 6.80. The molecular weight excluding hydrogens is 322 g/mol. The SMILES string of the molecule is O=C(CCn1c(=O)[nH]c(=O)c2ccccc21)N[C@@H]1C[C@@H]2OCCC[C@@H]21. The van der Waals surface area contributed by atoms with Gasteiger partial charge in [-0.2, -0.15) is 0 Å². The Morgan fingerprint density at radius 3 is 3.00 bits per heavy atom. The van der Waals surface area contributed by atoms with Crippen molar-refractivity contribution in [1.82, 2.24) is 14.9 Å². The van der Waals surface area contributed by atoms with Crippen molar-refractivity contribution in [3.63, 3.8) is 0 Å². The van der Waals surface area contributed by atoms with E-state index in [1.54, 1.807) is 24.3 Å². The fourth-order valence-electron chi connectivity index (χ4n) is 3.92. The molecule has 1 aliphatic carbocycles. The summed E-state index contributed by atoms with van der Waals surface area (Å²) in [6.07, 6.45) is 3.51. The minimum absolute atomic E-state index is 0.0730. The second-order valence-corrected chi connectivity index (χ2v) is 6.80. The first-order valence-electron chi connectivity index (χ1n) is 8.76. The van der Waals surface area contributed by atoms with Crippen LogP contribution in [0.15, 0.2) is 33.9 Å². The van der Waals surface area contributed by atoms with Gasteiger partial charge in [0.1, 0.15) is 0 Å². The van der Waals surface area contributed by atoms with Crippen molar-refractivity contribution in [1.29, 1.82) is 0 Å². The molecule has 1 saturated heterocycles. The Kier molecular flexibility index (Phi) is 4.17. The van der Waals surface area contributed by atoms with Gasteiger partial charge in [0.2, 0.25) is 5.91 Å². The van der Waals surface area contributed by atoms with E-state index in [4.69, 9.17) is 4.74 Å². The van der Waals surface area contributed by atoms with E-state index in [1.165, 1.54) is 4.57 Å². The van der Waals surface area contributed by atoms with Crippen LogP contribution in [0.25, 0.3) is 10.9 Å². The van der Waals surface area contributed by atoms with Crippen LogP contribution in [0.4, 0.5) is 0 Å². The molecule has 0 radical (unpaired) electrons. The summed E-state index contributed by atoms with van der Waals surface area (Å²) in [7, 11) is 0. The Labute approximate surface area is 144 Å². The van der Waals surface area contributed by atoms with Crippen LogP contribution >= 0.6 is 0 Å². The first kappa shape index (κ1) is 16.1. The molecule has 1 amide bonds. The van der Waals surface area contributed by atoms with Gasteiger partial charge in [0, 0.05) is 31.5 Å².